The van der Waals surface area contributed by atoms with Crippen LogP contribution in [-0.4, -0.2) is 47.2 Å². The van der Waals surface area contributed by atoms with Crippen molar-refractivity contribution in [3.8, 4) is 22.9 Å². The van der Waals surface area contributed by atoms with Crippen molar-refractivity contribution in [2.45, 2.75) is 32.2 Å². The molecular formula is C24H28N4O3. The van der Waals surface area contributed by atoms with E-state index in [-0.39, 0.29) is 11.5 Å². The van der Waals surface area contributed by atoms with Gasteiger partial charge in [0.1, 0.15) is 5.82 Å². The standard InChI is InChI=1S/C24H28N4O3/c1-16-11-21(30-2)22(31-3)12-19(16)15-28-10-4-5-18(14-28)20-13-23(29)27-24(26-20)17-6-8-25-9-7-17/h6-9,11-13,18H,4-5,10,14-15H2,1-3H3,(H,26,27,29). The number of aryl methyl sites for hydroxylation is 1. The molecule has 0 radical (unpaired) electrons. The molecule has 1 unspecified atom stereocenters. The maximum Gasteiger partial charge on any atom is 0.251 e. The summed E-state index contributed by atoms with van der Waals surface area (Å²) in [6, 6.07) is 9.43. The van der Waals surface area contributed by atoms with Gasteiger partial charge in [0.05, 0.1) is 19.9 Å². The van der Waals surface area contributed by atoms with Gasteiger partial charge in [-0.2, -0.15) is 0 Å². The van der Waals surface area contributed by atoms with E-state index < -0.39 is 0 Å². The maximum absolute atomic E-state index is 12.3. The predicted molar refractivity (Wildman–Crippen MR) is 120 cm³/mol. The molecular weight excluding hydrogens is 392 g/mol. The highest BCUT2D eigenvalue weighted by atomic mass is 16.5. The second-order valence-electron chi connectivity index (χ2n) is 7.96. The molecule has 31 heavy (non-hydrogen) atoms. The molecule has 1 atom stereocenters. The minimum absolute atomic E-state index is 0.121. The molecule has 162 valence electrons. The quantitative estimate of drug-likeness (QED) is 0.657. The Morgan fingerprint density at radius 3 is 2.61 bits per heavy atom. The number of piperidine rings is 1. The number of H-pyrrole nitrogens is 1. The van der Waals surface area contributed by atoms with Crippen LogP contribution in [0.5, 0.6) is 11.5 Å². The number of aromatic amines is 1. The summed E-state index contributed by atoms with van der Waals surface area (Å²) >= 11 is 0. The first-order chi connectivity index (χ1) is 15.1. The lowest BCUT2D eigenvalue weighted by molar-refractivity contribution is 0.198. The number of hydrogen-bond acceptors (Lipinski definition) is 6. The number of rotatable bonds is 6. The molecule has 0 bridgehead atoms. The SMILES string of the molecule is COc1cc(C)c(CN2CCCC(c3cc(=O)[nH]c(-c4ccncc4)n3)C2)cc1OC. The van der Waals surface area contributed by atoms with E-state index in [4.69, 9.17) is 14.5 Å². The zero-order valence-electron chi connectivity index (χ0n) is 18.2. The zero-order chi connectivity index (χ0) is 21.8. The first-order valence-corrected chi connectivity index (χ1v) is 10.5. The van der Waals surface area contributed by atoms with E-state index >= 15 is 0 Å². The molecule has 7 nitrogen and oxygen atoms in total. The van der Waals surface area contributed by atoms with E-state index in [9.17, 15) is 4.79 Å². The Bertz CT molecular complexity index is 1100. The highest BCUT2D eigenvalue weighted by Gasteiger charge is 2.24. The minimum Gasteiger partial charge on any atom is -0.493 e. The Morgan fingerprint density at radius 2 is 1.87 bits per heavy atom. The summed E-state index contributed by atoms with van der Waals surface area (Å²) in [5.41, 5.74) is 3.99. The van der Waals surface area contributed by atoms with Gasteiger partial charge in [-0.15, -0.1) is 0 Å². The van der Waals surface area contributed by atoms with Crippen LogP contribution in [0.1, 0.15) is 35.6 Å². The van der Waals surface area contributed by atoms with Crippen molar-refractivity contribution in [1.82, 2.24) is 19.9 Å². The minimum atomic E-state index is -0.121. The van der Waals surface area contributed by atoms with Crippen molar-refractivity contribution < 1.29 is 9.47 Å². The van der Waals surface area contributed by atoms with Gasteiger partial charge in [0, 0.05) is 43.0 Å². The van der Waals surface area contributed by atoms with Gasteiger partial charge < -0.3 is 14.5 Å². The number of hydrogen-bond donors (Lipinski definition) is 1. The summed E-state index contributed by atoms with van der Waals surface area (Å²) < 4.78 is 10.9. The third-order valence-electron chi connectivity index (χ3n) is 5.88. The predicted octanol–water partition coefficient (Wildman–Crippen LogP) is 3.54. The number of nitrogens with zero attached hydrogens (tertiary/aromatic N) is 3. The summed E-state index contributed by atoms with van der Waals surface area (Å²) in [7, 11) is 3.31. The number of benzene rings is 1. The van der Waals surface area contributed by atoms with Crippen LogP contribution in [-0.2, 0) is 6.54 Å². The number of ether oxygens (including phenoxy) is 2. The normalized spacial score (nSPS) is 16.8. The average Bonchev–Trinajstić information content (AvgIpc) is 2.80. The highest BCUT2D eigenvalue weighted by Crippen LogP contribution is 2.32. The monoisotopic (exact) mass is 420 g/mol. The second-order valence-corrected chi connectivity index (χ2v) is 7.96. The summed E-state index contributed by atoms with van der Waals surface area (Å²) in [5.74, 6) is 2.31. The molecule has 1 aliphatic rings. The lowest BCUT2D eigenvalue weighted by Crippen LogP contribution is -2.34. The van der Waals surface area contributed by atoms with Gasteiger partial charge in [-0.3, -0.25) is 14.7 Å². The molecule has 0 spiro atoms. The third kappa shape index (κ3) is 4.77. The third-order valence-corrected chi connectivity index (χ3v) is 5.88. The molecule has 3 aromatic rings. The van der Waals surface area contributed by atoms with Crippen LogP contribution in [0.3, 0.4) is 0 Å². The van der Waals surface area contributed by atoms with Crippen LogP contribution in [0.15, 0.2) is 47.5 Å². The van der Waals surface area contributed by atoms with E-state index in [1.807, 2.05) is 18.2 Å². The van der Waals surface area contributed by atoms with Crippen LogP contribution in [0, 0.1) is 6.92 Å². The second kappa shape index (κ2) is 9.31. The summed E-state index contributed by atoms with van der Waals surface area (Å²) in [5, 5.41) is 0. The summed E-state index contributed by atoms with van der Waals surface area (Å²) in [6.45, 7) is 4.80. The lowest BCUT2D eigenvalue weighted by Gasteiger charge is -2.33. The van der Waals surface area contributed by atoms with Gasteiger partial charge in [-0.05, 0) is 61.7 Å². The van der Waals surface area contributed by atoms with E-state index in [1.54, 1.807) is 32.7 Å². The van der Waals surface area contributed by atoms with Gasteiger partial charge in [0.25, 0.3) is 5.56 Å². The largest absolute Gasteiger partial charge is 0.493 e. The van der Waals surface area contributed by atoms with E-state index in [2.05, 4.69) is 27.9 Å². The van der Waals surface area contributed by atoms with E-state index in [0.717, 1.165) is 55.2 Å². The van der Waals surface area contributed by atoms with Crippen molar-refractivity contribution in [3.63, 3.8) is 0 Å². The van der Waals surface area contributed by atoms with Crippen molar-refractivity contribution in [1.29, 1.82) is 0 Å². The molecule has 3 heterocycles. The van der Waals surface area contributed by atoms with Crippen LogP contribution < -0.4 is 15.0 Å². The van der Waals surface area contributed by atoms with Crippen LogP contribution >= 0.6 is 0 Å². The van der Waals surface area contributed by atoms with Gasteiger partial charge in [-0.25, -0.2) is 4.98 Å². The molecule has 1 aromatic carbocycles. The van der Waals surface area contributed by atoms with Crippen LogP contribution in [0.2, 0.25) is 0 Å². The summed E-state index contributed by atoms with van der Waals surface area (Å²) in [6.07, 6.45) is 5.50. The van der Waals surface area contributed by atoms with Gasteiger partial charge in [-0.1, -0.05) is 0 Å². The topological polar surface area (TPSA) is 80.3 Å². The Morgan fingerprint density at radius 1 is 1.13 bits per heavy atom. The van der Waals surface area contributed by atoms with E-state index in [1.165, 1.54) is 11.1 Å². The molecule has 2 aromatic heterocycles. The number of likely N-dealkylation sites (tertiary alicyclic amines) is 1. The fraction of sp³-hybridized carbons (Fsp3) is 0.375. The van der Waals surface area contributed by atoms with Gasteiger partial charge in [0.15, 0.2) is 11.5 Å². The molecule has 1 aliphatic heterocycles. The number of methoxy groups -OCH3 is 2. The fourth-order valence-electron chi connectivity index (χ4n) is 4.21. The van der Waals surface area contributed by atoms with Gasteiger partial charge in [0.2, 0.25) is 0 Å². The van der Waals surface area contributed by atoms with E-state index in [0.29, 0.717) is 5.82 Å². The fourth-order valence-corrected chi connectivity index (χ4v) is 4.21. The zero-order valence-corrected chi connectivity index (χ0v) is 18.2. The Hall–Kier alpha value is -3.19. The highest BCUT2D eigenvalue weighted by molar-refractivity contribution is 5.53. The molecule has 1 saturated heterocycles. The maximum atomic E-state index is 12.3. The number of nitrogens with one attached hydrogen (secondary N) is 1. The molecule has 0 amide bonds. The number of pyridine rings is 1. The summed E-state index contributed by atoms with van der Waals surface area (Å²) in [4.78, 5) is 26.4. The smallest absolute Gasteiger partial charge is 0.251 e. The molecule has 4 rings (SSSR count). The molecule has 1 fully saturated rings. The Balaban J connectivity index is 1.55. The first-order valence-electron chi connectivity index (χ1n) is 10.5. The van der Waals surface area contributed by atoms with Crippen LogP contribution in [0.4, 0.5) is 0 Å². The lowest BCUT2D eigenvalue weighted by atomic mass is 9.93. The Labute approximate surface area is 182 Å². The Kier molecular flexibility index (Phi) is 6.32. The molecule has 0 saturated carbocycles. The van der Waals surface area contributed by atoms with Crippen molar-refractivity contribution in [2.75, 3.05) is 27.3 Å². The van der Waals surface area contributed by atoms with Crippen molar-refractivity contribution >= 4 is 0 Å². The van der Waals surface area contributed by atoms with Gasteiger partial charge >= 0.3 is 0 Å². The molecule has 7 heteroatoms. The van der Waals surface area contributed by atoms with Crippen molar-refractivity contribution in [3.05, 3.63) is 69.9 Å². The van der Waals surface area contributed by atoms with Crippen molar-refractivity contribution in [2.24, 2.45) is 0 Å². The first kappa shape index (κ1) is 21.1. The number of aromatic nitrogens is 3. The molecule has 1 N–H and O–H groups in total. The average molecular weight is 421 g/mol. The molecule has 0 aliphatic carbocycles. The van der Waals surface area contributed by atoms with Crippen LogP contribution in [0.25, 0.3) is 11.4 Å².